The van der Waals surface area contributed by atoms with Crippen LogP contribution in [0.1, 0.15) is 25.3 Å². The summed E-state index contributed by atoms with van der Waals surface area (Å²) < 4.78 is 1.27. The molecular weight excluding hydrogens is 212 g/mol. The molecular formula is C10H12N2O4. The van der Waals surface area contributed by atoms with E-state index in [-0.39, 0.29) is 17.3 Å². The largest absolute Gasteiger partial charge is 0.391 e. The molecule has 0 unspecified atom stereocenters. The van der Waals surface area contributed by atoms with Crippen molar-refractivity contribution in [2.24, 2.45) is 0 Å². The molecule has 0 amide bonds. The predicted molar refractivity (Wildman–Crippen MR) is 56.3 cm³/mol. The van der Waals surface area contributed by atoms with E-state index in [4.69, 9.17) is 0 Å². The lowest BCUT2D eigenvalue weighted by Crippen LogP contribution is -2.28. The molecule has 0 saturated heterocycles. The minimum absolute atomic E-state index is 0.126. The Bertz CT molecular complexity index is 468. The molecule has 6 heteroatoms. The molecule has 0 radical (unpaired) electrons. The highest BCUT2D eigenvalue weighted by molar-refractivity contribution is 5.25. The molecule has 1 heterocycles. The van der Waals surface area contributed by atoms with Crippen molar-refractivity contribution in [2.75, 3.05) is 0 Å². The fraction of sp³-hybridized carbons (Fsp3) is 0.500. The zero-order chi connectivity index (χ0) is 11.7. The average Bonchev–Trinajstić information content (AvgIpc) is 2.65. The maximum Gasteiger partial charge on any atom is 0.285 e. The Morgan fingerprint density at radius 3 is 2.75 bits per heavy atom. The van der Waals surface area contributed by atoms with Gasteiger partial charge in [0.2, 0.25) is 0 Å². The summed E-state index contributed by atoms with van der Waals surface area (Å²) in [5.74, 6) is 0. The van der Waals surface area contributed by atoms with Gasteiger partial charge < -0.3 is 9.67 Å². The molecule has 0 aliphatic heterocycles. The van der Waals surface area contributed by atoms with Gasteiger partial charge in [-0.3, -0.25) is 14.9 Å². The van der Waals surface area contributed by atoms with Crippen molar-refractivity contribution in [2.45, 2.75) is 31.4 Å². The van der Waals surface area contributed by atoms with Gasteiger partial charge in [-0.1, -0.05) is 0 Å². The zero-order valence-corrected chi connectivity index (χ0v) is 8.57. The monoisotopic (exact) mass is 224 g/mol. The van der Waals surface area contributed by atoms with Gasteiger partial charge in [0, 0.05) is 12.1 Å². The summed E-state index contributed by atoms with van der Waals surface area (Å²) in [6.07, 6.45) is 2.78. The number of aromatic nitrogens is 1. The van der Waals surface area contributed by atoms with E-state index >= 15 is 0 Å². The van der Waals surface area contributed by atoms with Crippen LogP contribution in [0.3, 0.4) is 0 Å². The lowest BCUT2D eigenvalue weighted by atomic mass is 10.2. The highest BCUT2D eigenvalue weighted by atomic mass is 16.6. The van der Waals surface area contributed by atoms with Gasteiger partial charge in [-0.25, -0.2) is 0 Å². The van der Waals surface area contributed by atoms with Gasteiger partial charge in [0.15, 0.2) is 0 Å². The van der Waals surface area contributed by atoms with Crippen LogP contribution < -0.4 is 5.56 Å². The molecule has 1 aliphatic carbocycles. The van der Waals surface area contributed by atoms with Crippen LogP contribution in [0.2, 0.25) is 0 Å². The molecule has 6 nitrogen and oxygen atoms in total. The van der Waals surface area contributed by atoms with Crippen LogP contribution in [0.4, 0.5) is 5.69 Å². The Kier molecular flexibility index (Phi) is 2.74. The Morgan fingerprint density at radius 2 is 2.19 bits per heavy atom. The summed E-state index contributed by atoms with van der Waals surface area (Å²) >= 11 is 0. The summed E-state index contributed by atoms with van der Waals surface area (Å²) in [6.45, 7) is 0. The predicted octanol–water partition coefficient (Wildman–Crippen LogP) is 0.842. The van der Waals surface area contributed by atoms with Crippen molar-refractivity contribution in [3.8, 4) is 0 Å². The first kappa shape index (κ1) is 10.8. The van der Waals surface area contributed by atoms with E-state index in [1.807, 2.05) is 0 Å². The summed E-state index contributed by atoms with van der Waals surface area (Å²) in [5, 5.41) is 20.3. The van der Waals surface area contributed by atoms with E-state index in [1.165, 1.54) is 22.9 Å². The number of aliphatic hydroxyl groups is 1. The number of pyridine rings is 1. The normalized spacial score (nSPS) is 24.6. The molecule has 16 heavy (non-hydrogen) atoms. The van der Waals surface area contributed by atoms with Crippen molar-refractivity contribution in [3.63, 3.8) is 0 Å². The minimum atomic E-state index is -0.584. The number of nitrogens with zero attached hydrogens (tertiary/aromatic N) is 2. The highest BCUT2D eigenvalue weighted by Crippen LogP contribution is 2.29. The number of rotatable bonds is 2. The van der Waals surface area contributed by atoms with Crippen LogP contribution in [0.25, 0.3) is 0 Å². The summed E-state index contributed by atoms with van der Waals surface area (Å²) in [7, 11) is 0. The molecule has 1 saturated carbocycles. The van der Waals surface area contributed by atoms with Crippen molar-refractivity contribution in [1.82, 2.24) is 4.57 Å². The molecule has 0 bridgehead atoms. The van der Waals surface area contributed by atoms with E-state index < -0.39 is 11.0 Å². The summed E-state index contributed by atoms with van der Waals surface area (Å²) in [5.41, 5.74) is -0.435. The molecule has 0 aromatic carbocycles. The van der Waals surface area contributed by atoms with Crippen LogP contribution in [-0.4, -0.2) is 20.7 Å². The minimum Gasteiger partial charge on any atom is -0.391 e. The summed E-state index contributed by atoms with van der Waals surface area (Å²) in [6, 6.07) is 2.02. The molecule has 1 N–H and O–H groups in total. The first-order valence-corrected chi connectivity index (χ1v) is 5.14. The molecule has 1 aliphatic rings. The highest BCUT2D eigenvalue weighted by Gasteiger charge is 2.28. The van der Waals surface area contributed by atoms with Gasteiger partial charge in [0.1, 0.15) is 0 Å². The molecule has 1 aromatic rings. The van der Waals surface area contributed by atoms with E-state index in [1.54, 1.807) is 0 Å². The SMILES string of the molecule is O=c1ccc([N+](=O)[O-])cn1[C@H]1CCC[C@@H]1O. The van der Waals surface area contributed by atoms with Crippen LogP contribution in [0.15, 0.2) is 23.1 Å². The average molecular weight is 224 g/mol. The lowest BCUT2D eigenvalue weighted by molar-refractivity contribution is -0.385. The second-order valence-electron chi connectivity index (χ2n) is 3.96. The van der Waals surface area contributed by atoms with E-state index in [0.717, 1.165) is 6.42 Å². The molecule has 2 atom stereocenters. The Morgan fingerprint density at radius 1 is 1.44 bits per heavy atom. The second kappa shape index (κ2) is 4.05. The molecule has 1 fully saturated rings. The molecule has 2 rings (SSSR count). The third-order valence-corrected chi connectivity index (χ3v) is 2.93. The maximum absolute atomic E-state index is 11.6. The van der Waals surface area contributed by atoms with E-state index in [2.05, 4.69) is 0 Å². The molecule has 86 valence electrons. The number of hydrogen-bond donors (Lipinski definition) is 1. The van der Waals surface area contributed by atoms with Crippen molar-refractivity contribution in [3.05, 3.63) is 38.8 Å². The van der Waals surface area contributed by atoms with Gasteiger partial charge in [0.05, 0.1) is 23.3 Å². The van der Waals surface area contributed by atoms with Crippen molar-refractivity contribution in [1.29, 1.82) is 0 Å². The first-order valence-electron chi connectivity index (χ1n) is 5.14. The number of hydrogen-bond acceptors (Lipinski definition) is 4. The van der Waals surface area contributed by atoms with Crippen molar-refractivity contribution >= 4 is 5.69 Å². The zero-order valence-electron chi connectivity index (χ0n) is 8.57. The second-order valence-corrected chi connectivity index (χ2v) is 3.96. The Labute approximate surface area is 91.3 Å². The number of nitro groups is 1. The van der Waals surface area contributed by atoms with Crippen LogP contribution >= 0.6 is 0 Å². The standard InChI is InChI=1S/C10H12N2O4/c13-9-3-1-2-8(9)11-6-7(12(15)16)4-5-10(11)14/h4-6,8-9,13H,1-3H2/t8-,9-/m0/s1. The van der Waals surface area contributed by atoms with Crippen molar-refractivity contribution < 1.29 is 10.0 Å². The smallest absolute Gasteiger partial charge is 0.285 e. The van der Waals surface area contributed by atoms with Gasteiger partial charge in [-0.15, -0.1) is 0 Å². The van der Waals surface area contributed by atoms with Crippen LogP contribution in [0.5, 0.6) is 0 Å². The summed E-state index contributed by atoms with van der Waals surface area (Å²) in [4.78, 5) is 21.6. The van der Waals surface area contributed by atoms with Gasteiger partial charge in [0.25, 0.3) is 11.2 Å². The topological polar surface area (TPSA) is 85.4 Å². The Balaban J connectivity index is 2.43. The first-order chi connectivity index (χ1) is 7.59. The number of aliphatic hydroxyl groups excluding tert-OH is 1. The maximum atomic E-state index is 11.6. The van der Waals surface area contributed by atoms with Crippen LogP contribution in [0, 0.1) is 10.1 Å². The third-order valence-electron chi connectivity index (χ3n) is 2.93. The van der Waals surface area contributed by atoms with Gasteiger partial charge in [-0.05, 0) is 19.3 Å². The van der Waals surface area contributed by atoms with Gasteiger partial charge >= 0.3 is 0 Å². The van der Waals surface area contributed by atoms with E-state index in [9.17, 15) is 20.0 Å². The lowest BCUT2D eigenvalue weighted by Gasteiger charge is -2.16. The quantitative estimate of drug-likeness (QED) is 0.595. The molecule has 0 spiro atoms. The third kappa shape index (κ3) is 1.83. The van der Waals surface area contributed by atoms with Crippen LogP contribution in [-0.2, 0) is 0 Å². The molecule has 1 aromatic heterocycles. The fourth-order valence-electron chi connectivity index (χ4n) is 2.10. The van der Waals surface area contributed by atoms with E-state index in [0.29, 0.717) is 12.8 Å². The van der Waals surface area contributed by atoms with Gasteiger partial charge in [-0.2, -0.15) is 0 Å². The Hall–Kier alpha value is -1.69. The fourth-order valence-corrected chi connectivity index (χ4v) is 2.10.